The molecule has 2 aromatic heterocycles. The van der Waals surface area contributed by atoms with Crippen molar-refractivity contribution in [1.29, 1.82) is 0 Å². The Morgan fingerprint density at radius 1 is 1.29 bits per heavy atom. The molecule has 1 aliphatic rings. The van der Waals surface area contributed by atoms with Crippen LogP contribution in [0, 0.1) is 6.92 Å². The molecule has 3 heterocycles. The minimum absolute atomic E-state index is 0.0226. The lowest BCUT2D eigenvalue weighted by Crippen LogP contribution is -2.17. The van der Waals surface area contributed by atoms with E-state index in [4.69, 9.17) is 20.8 Å². The first-order chi connectivity index (χ1) is 13.6. The van der Waals surface area contributed by atoms with Crippen molar-refractivity contribution in [1.82, 2.24) is 14.8 Å². The number of hydrogen-bond acceptors (Lipinski definition) is 6. The second kappa shape index (κ2) is 8.51. The molecule has 1 fully saturated rings. The Morgan fingerprint density at radius 3 is 2.79 bits per heavy atom. The highest BCUT2D eigenvalue weighted by Crippen LogP contribution is 2.29. The number of nitrogens with zero attached hydrogens (tertiary/aromatic N) is 3. The van der Waals surface area contributed by atoms with E-state index in [0.29, 0.717) is 22.3 Å². The number of Topliss-reactive ketones (excluding diaryl/α,β-unsaturated/α-hetero) is 1. The van der Waals surface area contributed by atoms with Crippen molar-refractivity contribution in [2.75, 3.05) is 12.4 Å². The lowest BCUT2D eigenvalue weighted by molar-refractivity contribution is 0.0953. The Bertz CT molecular complexity index is 961. The molecule has 1 aromatic carbocycles. The number of carbonyl (C=O) groups excluding carboxylic acids is 1. The van der Waals surface area contributed by atoms with Crippen LogP contribution in [0.1, 0.15) is 29.0 Å². The van der Waals surface area contributed by atoms with E-state index in [1.165, 1.54) is 11.8 Å². The number of hydrogen-bond donors (Lipinski definition) is 0. The largest absolute Gasteiger partial charge is 0.469 e. The molecule has 1 unspecified atom stereocenters. The van der Waals surface area contributed by atoms with Gasteiger partial charge in [0.2, 0.25) is 0 Å². The maximum Gasteiger partial charge on any atom is 0.192 e. The van der Waals surface area contributed by atoms with Crippen LogP contribution in [0.25, 0.3) is 11.4 Å². The fraction of sp³-hybridized carbons (Fsp3) is 0.350. The zero-order valence-electron chi connectivity index (χ0n) is 15.4. The molecule has 28 heavy (non-hydrogen) atoms. The SMILES string of the molecule is Cc1occc1-c1nnc(SCC(=O)c2ccc(Cl)cc2)n1CC1CCCO1. The standard InChI is InChI=1S/C20H20ClN3O3S/c1-13-17(8-10-26-13)19-22-23-20(24(19)11-16-3-2-9-27-16)28-12-18(25)14-4-6-15(21)7-5-14/h4-8,10,16H,2-3,9,11-12H2,1H3. The van der Waals surface area contributed by atoms with Gasteiger partial charge in [0, 0.05) is 17.2 Å². The third-order valence-electron chi connectivity index (χ3n) is 4.73. The number of aryl methyl sites for hydroxylation is 1. The van der Waals surface area contributed by atoms with Gasteiger partial charge >= 0.3 is 0 Å². The number of ketones is 1. The smallest absolute Gasteiger partial charge is 0.192 e. The Kier molecular flexibility index (Phi) is 5.85. The summed E-state index contributed by atoms with van der Waals surface area (Å²) in [5, 5.41) is 10.0. The molecule has 1 saturated heterocycles. The Hall–Kier alpha value is -2.09. The fourth-order valence-electron chi connectivity index (χ4n) is 3.22. The van der Waals surface area contributed by atoms with Gasteiger partial charge in [-0.2, -0.15) is 0 Å². The first kappa shape index (κ1) is 19.2. The van der Waals surface area contributed by atoms with Crippen molar-refractivity contribution in [2.45, 2.75) is 37.6 Å². The quantitative estimate of drug-likeness (QED) is 0.411. The summed E-state index contributed by atoms with van der Waals surface area (Å²) in [5.74, 6) is 1.82. The van der Waals surface area contributed by atoms with Crippen LogP contribution in [0.5, 0.6) is 0 Å². The number of carbonyl (C=O) groups is 1. The lowest BCUT2D eigenvalue weighted by atomic mass is 10.1. The zero-order valence-corrected chi connectivity index (χ0v) is 17.0. The summed E-state index contributed by atoms with van der Waals surface area (Å²) in [5.41, 5.74) is 1.54. The molecule has 0 saturated carbocycles. The third kappa shape index (κ3) is 4.16. The molecule has 0 aliphatic carbocycles. The number of ether oxygens (including phenoxy) is 1. The molecule has 0 spiro atoms. The average molecular weight is 418 g/mol. The van der Waals surface area contributed by atoms with Gasteiger partial charge in [-0.05, 0) is 50.1 Å². The lowest BCUT2D eigenvalue weighted by Gasteiger charge is -2.14. The molecular weight excluding hydrogens is 398 g/mol. The van der Waals surface area contributed by atoms with Crippen molar-refractivity contribution in [2.24, 2.45) is 0 Å². The van der Waals surface area contributed by atoms with Crippen molar-refractivity contribution < 1.29 is 13.9 Å². The van der Waals surface area contributed by atoms with Gasteiger partial charge in [0.25, 0.3) is 0 Å². The molecule has 0 amide bonds. The minimum atomic E-state index is 0.0226. The van der Waals surface area contributed by atoms with Crippen LogP contribution >= 0.6 is 23.4 Å². The summed E-state index contributed by atoms with van der Waals surface area (Å²) < 4.78 is 13.3. The predicted molar refractivity (Wildman–Crippen MR) is 108 cm³/mol. The first-order valence-corrected chi connectivity index (χ1v) is 10.5. The summed E-state index contributed by atoms with van der Waals surface area (Å²) >= 11 is 7.28. The van der Waals surface area contributed by atoms with E-state index < -0.39 is 0 Å². The highest BCUT2D eigenvalue weighted by molar-refractivity contribution is 7.99. The zero-order chi connectivity index (χ0) is 19.5. The van der Waals surface area contributed by atoms with Crippen LogP contribution in [0.4, 0.5) is 0 Å². The first-order valence-electron chi connectivity index (χ1n) is 9.12. The normalized spacial score (nSPS) is 16.6. The number of furan rings is 1. The summed E-state index contributed by atoms with van der Waals surface area (Å²) in [6.45, 7) is 3.34. The topological polar surface area (TPSA) is 70.2 Å². The number of aromatic nitrogens is 3. The average Bonchev–Trinajstić information content (AvgIpc) is 3.43. The number of thioether (sulfide) groups is 1. The number of halogens is 1. The molecule has 4 rings (SSSR count). The van der Waals surface area contributed by atoms with Crippen LogP contribution in [-0.2, 0) is 11.3 Å². The highest BCUT2D eigenvalue weighted by Gasteiger charge is 2.23. The van der Waals surface area contributed by atoms with E-state index in [2.05, 4.69) is 10.2 Å². The predicted octanol–water partition coefficient (Wildman–Crippen LogP) is 4.65. The molecule has 0 N–H and O–H groups in total. The van der Waals surface area contributed by atoms with Gasteiger partial charge in [-0.3, -0.25) is 9.36 Å². The molecule has 8 heteroatoms. The van der Waals surface area contributed by atoms with Gasteiger partial charge in [0.1, 0.15) is 5.76 Å². The van der Waals surface area contributed by atoms with Crippen molar-refractivity contribution in [3.05, 3.63) is 52.9 Å². The van der Waals surface area contributed by atoms with Gasteiger partial charge < -0.3 is 9.15 Å². The Balaban J connectivity index is 1.55. The molecule has 0 bridgehead atoms. The van der Waals surface area contributed by atoms with Gasteiger partial charge in [0.15, 0.2) is 16.8 Å². The third-order valence-corrected chi connectivity index (χ3v) is 5.94. The van der Waals surface area contributed by atoms with E-state index in [1.807, 2.05) is 17.6 Å². The van der Waals surface area contributed by atoms with Gasteiger partial charge in [-0.15, -0.1) is 10.2 Å². The molecule has 146 valence electrons. The van der Waals surface area contributed by atoms with Crippen LogP contribution < -0.4 is 0 Å². The van der Waals surface area contributed by atoms with Crippen LogP contribution in [0.15, 0.2) is 46.2 Å². The van der Waals surface area contributed by atoms with E-state index in [1.54, 1.807) is 30.5 Å². The highest BCUT2D eigenvalue weighted by atomic mass is 35.5. The summed E-state index contributed by atoms with van der Waals surface area (Å²) in [7, 11) is 0. The fourth-order valence-corrected chi connectivity index (χ4v) is 4.19. The van der Waals surface area contributed by atoms with E-state index in [9.17, 15) is 4.79 Å². The monoisotopic (exact) mass is 417 g/mol. The molecular formula is C20H20ClN3O3S. The van der Waals surface area contributed by atoms with Crippen LogP contribution in [0.2, 0.25) is 5.02 Å². The Morgan fingerprint density at radius 2 is 2.11 bits per heavy atom. The Labute approximate surface area is 172 Å². The van der Waals surface area contributed by atoms with Crippen LogP contribution in [0.3, 0.4) is 0 Å². The molecule has 6 nitrogen and oxygen atoms in total. The van der Waals surface area contributed by atoms with Crippen LogP contribution in [-0.4, -0.2) is 39.0 Å². The van der Waals surface area contributed by atoms with Gasteiger partial charge in [0.05, 0.1) is 30.2 Å². The van der Waals surface area contributed by atoms with Crippen molar-refractivity contribution in [3.63, 3.8) is 0 Å². The summed E-state index contributed by atoms with van der Waals surface area (Å²) in [6.07, 6.45) is 3.85. The van der Waals surface area contributed by atoms with Gasteiger partial charge in [-0.25, -0.2) is 0 Å². The van der Waals surface area contributed by atoms with Crippen molar-refractivity contribution in [3.8, 4) is 11.4 Å². The number of benzene rings is 1. The maximum atomic E-state index is 12.5. The second-order valence-electron chi connectivity index (χ2n) is 6.66. The van der Waals surface area contributed by atoms with Crippen molar-refractivity contribution >= 4 is 29.1 Å². The molecule has 0 radical (unpaired) electrons. The number of rotatable bonds is 7. The summed E-state index contributed by atoms with van der Waals surface area (Å²) in [6, 6.07) is 8.81. The van der Waals surface area contributed by atoms with Gasteiger partial charge in [-0.1, -0.05) is 23.4 Å². The minimum Gasteiger partial charge on any atom is -0.469 e. The second-order valence-corrected chi connectivity index (χ2v) is 8.04. The maximum absolute atomic E-state index is 12.5. The van der Waals surface area contributed by atoms with E-state index in [0.717, 1.165) is 36.6 Å². The molecule has 1 atom stereocenters. The van der Waals surface area contributed by atoms with E-state index >= 15 is 0 Å². The molecule has 3 aromatic rings. The summed E-state index contributed by atoms with van der Waals surface area (Å²) in [4.78, 5) is 12.5. The van der Waals surface area contributed by atoms with E-state index in [-0.39, 0.29) is 17.6 Å². The molecule has 1 aliphatic heterocycles.